The molecule has 2 rings (SSSR count). The van der Waals surface area contributed by atoms with Gasteiger partial charge < -0.3 is 10.2 Å². The summed E-state index contributed by atoms with van der Waals surface area (Å²) in [5.41, 5.74) is 2.91. The number of sulfonamides is 1. The minimum Gasteiger partial charge on any atom is -0.352 e. The molecule has 7 nitrogen and oxygen atoms in total. The third-order valence-corrected chi connectivity index (χ3v) is 6.96. The molecule has 2 atom stereocenters. The second kappa shape index (κ2) is 11.7. The topological polar surface area (TPSA) is 86.8 Å². The molecule has 2 aromatic carbocycles. The largest absolute Gasteiger partial charge is 0.352 e. The first-order valence-corrected chi connectivity index (χ1v) is 13.4. The highest BCUT2D eigenvalue weighted by atomic mass is 35.5. The molecule has 0 saturated carbocycles. The van der Waals surface area contributed by atoms with Gasteiger partial charge in [0.1, 0.15) is 12.6 Å². The van der Waals surface area contributed by atoms with Crippen LogP contribution >= 0.6 is 11.6 Å². The number of amides is 2. The Morgan fingerprint density at radius 1 is 1.06 bits per heavy atom. The smallest absolute Gasteiger partial charge is 0.244 e. The molecule has 34 heavy (non-hydrogen) atoms. The lowest BCUT2D eigenvalue weighted by Gasteiger charge is -2.32. The maximum atomic E-state index is 13.5. The van der Waals surface area contributed by atoms with Crippen molar-refractivity contribution in [3.63, 3.8) is 0 Å². The van der Waals surface area contributed by atoms with Gasteiger partial charge in [-0.25, -0.2) is 8.42 Å². The number of anilines is 1. The van der Waals surface area contributed by atoms with Crippen molar-refractivity contribution in [1.82, 2.24) is 10.2 Å². The first kappa shape index (κ1) is 27.7. The van der Waals surface area contributed by atoms with Crippen molar-refractivity contribution in [2.24, 2.45) is 0 Å². The van der Waals surface area contributed by atoms with E-state index in [2.05, 4.69) is 5.32 Å². The Morgan fingerprint density at radius 3 is 2.21 bits per heavy atom. The molecule has 0 aliphatic heterocycles. The number of nitrogens with one attached hydrogen (secondary N) is 1. The highest BCUT2D eigenvalue weighted by Gasteiger charge is 2.30. The van der Waals surface area contributed by atoms with Crippen LogP contribution in [0.5, 0.6) is 0 Å². The van der Waals surface area contributed by atoms with Gasteiger partial charge in [-0.1, -0.05) is 36.7 Å². The molecule has 0 fully saturated rings. The van der Waals surface area contributed by atoms with Crippen LogP contribution in [0.2, 0.25) is 5.02 Å². The van der Waals surface area contributed by atoms with E-state index in [1.807, 2.05) is 39.8 Å². The van der Waals surface area contributed by atoms with Crippen LogP contribution in [0.3, 0.4) is 0 Å². The van der Waals surface area contributed by atoms with Gasteiger partial charge in [-0.3, -0.25) is 13.9 Å². The van der Waals surface area contributed by atoms with Crippen molar-refractivity contribution in [3.8, 4) is 0 Å². The van der Waals surface area contributed by atoms with Crippen LogP contribution < -0.4 is 9.62 Å². The quantitative estimate of drug-likeness (QED) is 0.525. The van der Waals surface area contributed by atoms with Crippen LogP contribution in [0.1, 0.15) is 43.9 Å². The molecule has 1 N–H and O–H groups in total. The third kappa shape index (κ3) is 7.74. The molecule has 0 radical (unpaired) electrons. The normalized spacial score (nSPS) is 13.1. The zero-order chi connectivity index (χ0) is 25.6. The highest BCUT2D eigenvalue weighted by Crippen LogP contribution is 2.22. The van der Waals surface area contributed by atoms with Crippen molar-refractivity contribution in [1.29, 1.82) is 0 Å². The molecule has 9 heteroatoms. The summed E-state index contributed by atoms with van der Waals surface area (Å²) in [5, 5.41) is 3.41. The monoisotopic (exact) mass is 507 g/mol. The molecular formula is C25H34ClN3O4S. The van der Waals surface area contributed by atoms with Gasteiger partial charge in [0.2, 0.25) is 21.8 Å². The van der Waals surface area contributed by atoms with Gasteiger partial charge >= 0.3 is 0 Å². The Hall–Kier alpha value is -2.58. The molecule has 2 amide bonds. The van der Waals surface area contributed by atoms with E-state index in [0.29, 0.717) is 10.7 Å². The summed E-state index contributed by atoms with van der Waals surface area (Å²) >= 11 is 6.12. The fourth-order valence-corrected chi connectivity index (χ4v) is 4.63. The molecule has 0 aliphatic carbocycles. The molecule has 0 saturated heterocycles. The van der Waals surface area contributed by atoms with E-state index in [1.54, 1.807) is 37.3 Å². The average molecular weight is 508 g/mol. The summed E-state index contributed by atoms with van der Waals surface area (Å²) in [6.45, 7) is 8.90. The van der Waals surface area contributed by atoms with Gasteiger partial charge in [-0.2, -0.15) is 0 Å². The number of carbonyl (C=O) groups excluding carboxylic acids is 2. The maximum Gasteiger partial charge on any atom is 0.244 e. The third-order valence-electron chi connectivity index (χ3n) is 5.58. The Labute approximate surface area is 208 Å². The molecule has 0 spiro atoms. The van der Waals surface area contributed by atoms with Crippen LogP contribution in [-0.4, -0.2) is 50.0 Å². The summed E-state index contributed by atoms with van der Waals surface area (Å²) in [4.78, 5) is 27.8. The van der Waals surface area contributed by atoms with E-state index in [0.717, 1.165) is 33.7 Å². The minimum atomic E-state index is -3.76. The van der Waals surface area contributed by atoms with Crippen molar-refractivity contribution < 1.29 is 18.0 Å². The summed E-state index contributed by atoms with van der Waals surface area (Å²) < 4.78 is 26.4. The van der Waals surface area contributed by atoms with Gasteiger partial charge in [-0.15, -0.1) is 0 Å². The van der Waals surface area contributed by atoms with E-state index >= 15 is 0 Å². The number of halogens is 1. The number of hydrogen-bond donors (Lipinski definition) is 1. The Bertz CT molecular complexity index is 1120. The lowest BCUT2D eigenvalue weighted by atomic mass is 10.1. The second-order valence-electron chi connectivity index (χ2n) is 8.76. The second-order valence-corrected chi connectivity index (χ2v) is 11.1. The van der Waals surface area contributed by atoms with Crippen LogP contribution in [0.4, 0.5) is 5.69 Å². The van der Waals surface area contributed by atoms with E-state index in [-0.39, 0.29) is 18.5 Å². The first-order chi connectivity index (χ1) is 15.8. The molecule has 0 unspecified atom stereocenters. The summed E-state index contributed by atoms with van der Waals surface area (Å²) in [6.07, 6.45) is 1.81. The zero-order valence-corrected chi connectivity index (χ0v) is 22.2. The zero-order valence-electron chi connectivity index (χ0n) is 20.6. The predicted molar refractivity (Wildman–Crippen MR) is 137 cm³/mol. The Kier molecular flexibility index (Phi) is 9.53. The fraction of sp³-hybridized carbons (Fsp3) is 0.440. The van der Waals surface area contributed by atoms with Gasteiger partial charge in [-0.05, 0) is 75.1 Å². The van der Waals surface area contributed by atoms with Gasteiger partial charge in [0.05, 0.1) is 11.9 Å². The summed E-state index contributed by atoms with van der Waals surface area (Å²) in [5.74, 6) is -0.793. The van der Waals surface area contributed by atoms with Crippen LogP contribution in [-0.2, 0) is 26.2 Å². The van der Waals surface area contributed by atoms with Crippen LogP contribution in [0, 0.1) is 13.8 Å². The molecule has 0 heterocycles. The van der Waals surface area contributed by atoms with E-state index < -0.39 is 28.5 Å². The molecule has 186 valence electrons. The standard InChI is InChI=1S/C25H34ClN3O4S/c1-7-19(4)27-25(31)20(5)28(15-21-9-8-10-22(26)14-21)24(30)16-29(34(6,32)33)23-12-17(2)11-18(3)13-23/h8-14,19-20H,7,15-16H2,1-6H3,(H,27,31)/t19-,20+/m1/s1. The maximum absolute atomic E-state index is 13.5. The molecule has 0 aromatic heterocycles. The van der Waals surface area contributed by atoms with Crippen molar-refractivity contribution in [2.75, 3.05) is 17.1 Å². The Morgan fingerprint density at radius 2 is 1.68 bits per heavy atom. The summed E-state index contributed by atoms with van der Waals surface area (Å²) in [6, 6.07) is 11.5. The van der Waals surface area contributed by atoms with Crippen molar-refractivity contribution in [3.05, 3.63) is 64.2 Å². The van der Waals surface area contributed by atoms with E-state index in [4.69, 9.17) is 11.6 Å². The number of aryl methyl sites for hydroxylation is 2. The highest BCUT2D eigenvalue weighted by molar-refractivity contribution is 7.92. The average Bonchev–Trinajstić information content (AvgIpc) is 2.73. The van der Waals surface area contributed by atoms with Crippen LogP contribution in [0.15, 0.2) is 42.5 Å². The number of carbonyl (C=O) groups is 2. The van der Waals surface area contributed by atoms with Crippen molar-refractivity contribution in [2.45, 2.75) is 59.7 Å². The molecule has 2 aromatic rings. The van der Waals surface area contributed by atoms with Gasteiger partial charge in [0.15, 0.2) is 0 Å². The Balaban J connectivity index is 2.42. The summed E-state index contributed by atoms with van der Waals surface area (Å²) in [7, 11) is -3.76. The van der Waals surface area contributed by atoms with E-state index in [9.17, 15) is 18.0 Å². The molecule has 0 aliphatic rings. The molecular weight excluding hydrogens is 474 g/mol. The molecule has 0 bridgehead atoms. The first-order valence-electron chi connectivity index (χ1n) is 11.2. The van der Waals surface area contributed by atoms with Gasteiger partial charge in [0.25, 0.3) is 0 Å². The van der Waals surface area contributed by atoms with E-state index in [1.165, 1.54) is 4.90 Å². The number of nitrogens with zero attached hydrogens (tertiary/aromatic N) is 2. The van der Waals surface area contributed by atoms with Gasteiger partial charge in [0, 0.05) is 17.6 Å². The van der Waals surface area contributed by atoms with Crippen LogP contribution in [0.25, 0.3) is 0 Å². The minimum absolute atomic E-state index is 0.0548. The predicted octanol–water partition coefficient (Wildman–Crippen LogP) is 4.05. The number of hydrogen-bond acceptors (Lipinski definition) is 4. The SMILES string of the molecule is CC[C@@H](C)NC(=O)[C@H](C)N(Cc1cccc(Cl)c1)C(=O)CN(c1cc(C)cc(C)c1)S(C)(=O)=O. The van der Waals surface area contributed by atoms with Crippen molar-refractivity contribution >= 4 is 39.1 Å². The fourth-order valence-electron chi connectivity index (χ4n) is 3.59. The lowest BCUT2D eigenvalue weighted by molar-refractivity contribution is -0.139. The lowest BCUT2D eigenvalue weighted by Crippen LogP contribution is -2.52. The number of rotatable bonds is 10. The number of benzene rings is 2.